The first-order valence-electron chi connectivity index (χ1n) is 11.6. The minimum atomic E-state index is -1.75. The van der Waals surface area contributed by atoms with E-state index in [0.29, 0.717) is 29.9 Å². The van der Waals surface area contributed by atoms with E-state index in [-0.39, 0.29) is 42.0 Å². The number of esters is 1. The number of carbonyl (C=O) groups is 2. The van der Waals surface area contributed by atoms with Gasteiger partial charge < -0.3 is 20.1 Å². The van der Waals surface area contributed by atoms with Crippen molar-refractivity contribution in [3.8, 4) is 0 Å². The van der Waals surface area contributed by atoms with E-state index in [1.165, 1.54) is 0 Å². The second kappa shape index (κ2) is 6.30. The molecule has 0 aromatic carbocycles. The zero-order chi connectivity index (χ0) is 22.6. The Morgan fingerprint density at radius 2 is 1.90 bits per heavy atom. The molecule has 5 aliphatic carbocycles. The van der Waals surface area contributed by atoms with Gasteiger partial charge in [-0.1, -0.05) is 32.9 Å². The molecule has 0 saturated heterocycles. The van der Waals surface area contributed by atoms with Crippen molar-refractivity contribution in [3.05, 3.63) is 23.3 Å². The summed E-state index contributed by atoms with van der Waals surface area (Å²) in [5.41, 5.74) is -3.14. The van der Waals surface area contributed by atoms with Gasteiger partial charge >= 0.3 is 5.97 Å². The van der Waals surface area contributed by atoms with Gasteiger partial charge in [-0.2, -0.15) is 0 Å². The fourth-order valence-corrected chi connectivity index (χ4v) is 7.40. The minimum absolute atomic E-state index is 0.00792. The SMILES string of the molecule is CC1=C[C@H]2[C@@]3(O)[C@H](C)C[C@]4(OC(=O)CC5CC5)[C@@H]([C@@H]3C=C(CO)C[C@]2(O)C1=O)C4(C)C. The van der Waals surface area contributed by atoms with Crippen molar-refractivity contribution in [3.63, 3.8) is 0 Å². The van der Waals surface area contributed by atoms with Crippen LogP contribution in [0.5, 0.6) is 0 Å². The topological polar surface area (TPSA) is 104 Å². The lowest BCUT2D eigenvalue weighted by molar-refractivity contribution is -0.187. The van der Waals surface area contributed by atoms with Crippen molar-refractivity contribution >= 4 is 11.8 Å². The monoisotopic (exact) mass is 430 g/mol. The van der Waals surface area contributed by atoms with Crippen LogP contribution in [0, 0.1) is 35.0 Å². The van der Waals surface area contributed by atoms with Crippen LogP contribution in [0.3, 0.4) is 0 Å². The highest BCUT2D eigenvalue weighted by Gasteiger charge is 2.83. The third kappa shape index (κ3) is 2.61. The summed E-state index contributed by atoms with van der Waals surface area (Å²) < 4.78 is 6.19. The molecule has 0 bridgehead atoms. The summed E-state index contributed by atoms with van der Waals surface area (Å²) in [6.07, 6.45) is 6.70. The van der Waals surface area contributed by atoms with Crippen LogP contribution in [0.2, 0.25) is 0 Å². The number of hydrogen-bond acceptors (Lipinski definition) is 6. The predicted octanol–water partition coefficient (Wildman–Crippen LogP) is 2.31. The fourth-order valence-electron chi connectivity index (χ4n) is 7.40. The van der Waals surface area contributed by atoms with Gasteiger partial charge in [-0.05, 0) is 49.2 Å². The van der Waals surface area contributed by atoms with E-state index >= 15 is 0 Å². The van der Waals surface area contributed by atoms with Crippen molar-refractivity contribution in [2.45, 2.75) is 76.6 Å². The first-order chi connectivity index (χ1) is 14.4. The van der Waals surface area contributed by atoms with Gasteiger partial charge in [0, 0.05) is 36.0 Å². The molecule has 5 aliphatic rings. The molecule has 0 spiro atoms. The highest BCUT2D eigenvalue weighted by Crippen LogP contribution is 2.76. The number of hydrogen-bond donors (Lipinski definition) is 3. The Bertz CT molecular complexity index is 913. The van der Waals surface area contributed by atoms with Crippen LogP contribution >= 0.6 is 0 Å². The standard InChI is InChI=1S/C25H34O6/c1-13-7-18-23(29,21(13)28)11-16(12-26)8-17-20-22(3,4)24(20,10-14(2)25(17,18)30)31-19(27)9-15-5-6-15/h7-8,14-15,17-18,20,26,29-30H,5-6,9-12H2,1-4H3/t14-,17+,18-,20+,23-,24+,25-/m1/s1. The molecule has 7 atom stereocenters. The van der Waals surface area contributed by atoms with E-state index in [2.05, 4.69) is 13.8 Å². The van der Waals surface area contributed by atoms with Crippen LogP contribution in [0.1, 0.15) is 59.8 Å². The molecule has 6 heteroatoms. The van der Waals surface area contributed by atoms with Gasteiger partial charge in [-0.15, -0.1) is 0 Å². The summed E-state index contributed by atoms with van der Waals surface area (Å²) in [4.78, 5) is 25.6. The van der Waals surface area contributed by atoms with Gasteiger partial charge in [0.05, 0.1) is 12.2 Å². The lowest BCUT2D eigenvalue weighted by atomic mass is 9.60. The number of rotatable bonds is 4. The van der Waals surface area contributed by atoms with Crippen molar-refractivity contribution in [1.29, 1.82) is 0 Å². The number of carbonyl (C=O) groups excluding carboxylic acids is 2. The lowest BCUT2D eigenvalue weighted by Gasteiger charge is -2.50. The number of Topliss-reactive ketones (excluding diaryl/α,β-unsaturated/α-hetero) is 1. The maximum absolute atomic E-state index is 12.9. The summed E-state index contributed by atoms with van der Waals surface area (Å²) in [5, 5.41) is 33.7. The van der Waals surface area contributed by atoms with E-state index in [0.717, 1.165) is 12.8 Å². The summed E-state index contributed by atoms with van der Waals surface area (Å²) in [5.74, 6) is -1.75. The zero-order valence-electron chi connectivity index (χ0n) is 18.9. The van der Waals surface area contributed by atoms with E-state index in [9.17, 15) is 24.9 Å². The number of aliphatic hydroxyl groups is 3. The number of ether oxygens (including phenoxy) is 1. The average molecular weight is 431 g/mol. The molecule has 0 heterocycles. The molecule has 0 aromatic rings. The van der Waals surface area contributed by atoms with Crippen LogP contribution < -0.4 is 0 Å². The predicted molar refractivity (Wildman–Crippen MR) is 113 cm³/mol. The number of aliphatic hydroxyl groups excluding tert-OH is 1. The van der Waals surface area contributed by atoms with Gasteiger partial charge in [0.25, 0.3) is 0 Å². The second-order valence-electron chi connectivity index (χ2n) is 11.5. The molecular formula is C25H34O6. The molecule has 170 valence electrons. The summed E-state index contributed by atoms with van der Waals surface area (Å²) >= 11 is 0. The molecule has 0 unspecified atom stereocenters. The van der Waals surface area contributed by atoms with Gasteiger partial charge in [-0.3, -0.25) is 9.59 Å². The normalized spacial score (nSPS) is 47.4. The summed E-state index contributed by atoms with van der Waals surface area (Å²) in [6.45, 7) is 7.46. The Balaban J connectivity index is 1.58. The van der Waals surface area contributed by atoms with Crippen LogP contribution in [0.25, 0.3) is 0 Å². The van der Waals surface area contributed by atoms with Gasteiger partial charge in [-0.25, -0.2) is 0 Å². The van der Waals surface area contributed by atoms with Crippen molar-refractivity contribution in [2.75, 3.05) is 6.61 Å². The molecule has 0 amide bonds. The highest BCUT2D eigenvalue weighted by molar-refractivity contribution is 6.04. The third-order valence-corrected chi connectivity index (χ3v) is 9.32. The number of ketones is 1. The average Bonchev–Trinajstić information content (AvgIpc) is 3.56. The number of fused-ring (bicyclic) bond motifs is 5. The van der Waals surface area contributed by atoms with Crippen LogP contribution in [0.4, 0.5) is 0 Å². The molecule has 3 saturated carbocycles. The van der Waals surface area contributed by atoms with E-state index in [4.69, 9.17) is 4.74 Å². The van der Waals surface area contributed by atoms with Crippen molar-refractivity contribution in [1.82, 2.24) is 0 Å². The maximum Gasteiger partial charge on any atom is 0.306 e. The fraction of sp³-hybridized carbons (Fsp3) is 0.760. The van der Waals surface area contributed by atoms with Crippen LogP contribution in [-0.2, 0) is 14.3 Å². The van der Waals surface area contributed by atoms with E-state index in [1.807, 2.05) is 13.0 Å². The molecule has 0 aromatic heterocycles. The third-order valence-electron chi connectivity index (χ3n) is 9.32. The first-order valence-corrected chi connectivity index (χ1v) is 11.6. The molecule has 5 rings (SSSR count). The lowest BCUT2D eigenvalue weighted by Crippen LogP contribution is -2.61. The Morgan fingerprint density at radius 1 is 1.23 bits per heavy atom. The second-order valence-corrected chi connectivity index (χ2v) is 11.5. The van der Waals surface area contributed by atoms with Crippen molar-refractivity contribution < 1.29 is 29.6 Å². The molecule has 6 nitrogen and oxygen atoms in total. The van der Waals surface area contributed by atoms with Crippen LogP contribution in [0.15, 0.2) is 23.3 Å². The Kier molecular flexibility index (Phi) is 4.34. The quantitative estimate of drug-likeness (QED) is 0.467. The smallest absolute Gasteiger partial charge is 0.306 e. The Hall–Kier alpha value is -1.50. The molecule has 31 heavy (non-hydrogen) atoms. The minimum Gasteiger partial charge on any atom is -0.458 e. The summed E-state index contributed by atoms with van der Waals surface area (Å²) in [6, 6.07) is 0. The molecular weight excluding hydrogens is 396 g/mol. The van der Waals surface area contributed by atoms with Gasteiger partial charge in [0.1, 0.15) is 11.2 Å². The highest BCUT2D eigenvalue weighted by atomic mass is 16.6. The Labute approximate surface area is 183 Å². The first kappa shape index (κ1) is 21.4. The molecule has 3 N–H and O–H groups in total. The molecule has 3 fully saturated rings. The van der Waals surface area contributed by atoms with Gasteiger partial charge in [0.15, 0.2) is 5.78 Å². The summed E-state index contributed by atoms with van der Waals surface area (Å²) in [7, 11) is 0. The molecule has 0 radical (unpaired) electrons. The Morgan fingerprint density at radius 3 is 2.52 bits per heavy atom. The van der Waals surface area contributed by atoms with Gasteiger partial charge in [0.2, 0.25) is 0 Å². The molecule has 0 aliphatic heterocycles. The van der Waals surface area contributed by atoms with E-state index < -0.39 is 28.6 Å². The maximum atomic E-state index is 12.9. The van der Waals surface area contributed by atoms with E-state index in [1.54, 1.807) is 13.0 Å². The van der Waals surface area contributed by atoms with Crippen molar-refractivity contribution in [2.24, 2.45) is 35.0 Å². The largest absolute Gasteiger partial charge is 0.458 e. The van der Waals surface area contributed by atoms with Crippen LogP contribution in [-0.4, -0.2) is 50.5 Å². The zero-order valence-corrected chi connectivity index (χ0v) is 18.9.